The number of ether oxygens (including phenoxy) is 1. The van der Waals surface area contributed by atoms with Crippen molar-refractivity contribution in [3.8, 4) is 5.75 Å². The second kappa shape index (κ2) is 8.48. The summed E-state index contributed by atoms with van der Waals surface area (Å²) in [7, 11) is 0. The Hall–Kier alpha value is -2.36. The van der Waals surface area contributed by atoms with E-state index in [2.05, 4.69) is 19.2 Å². The molecule has 0 heterocycles. The maximum absolute atomic E-state index is 12.0. The number of aldehydes is 1. The molecule has 1 N–H and O–H groups in total. The Bertz CT molecular complexity index is 709. The Kier molecular flexibility index (Phi) is 6.36. The average molecular weight is 327 g/mol. The van der Waals surface area contributed by atoms with Crippen molar-refractivity contribution in [2.75, 3.05) is 6.61 Å². The molecule has 2 rings (SSSR count). The number of hydrogen-bond acceptors (Lipinski definition) is 3. The lowest BCUT2D eigenvalue weighted by Crippen LogP contribution is -2.36. The Morgan fingerprint density at radius 3 is 2.58 bits per heavy atom. The molecule has 2 aromatic carbocycles. The fraction of sp³-hybridized carbons (Fsp3) is 0.400. The van der Waals surface area contributed by atoms with Gasteiger partial charge in [-0.3, -0.25) is 9.59 Å². The van der Waals surface area contributed by atoms with Crippen LogP contribution >= 0.6 is 0 Å². The number of rotatable bonds is 8. The Labute approximate surface area is 143 Å². The molecule has 0 fully saturated rings. The molecule has 0 saturated carbocycles. The quantitative estimate of drug-likeness (QED) is 0.746. The van der Waals surface area contributed by atoms with E-state index in [0.717, 1.165) is 29.9 Å². The first-order valence-electron chi connectivity index (χ1n) is 8.40. The molecule has 1 amide bonds. The van der Waals surface area contributed by atoms with Gasteiger partial charge in [-0.1, -0.05) is 44.2 Å². The highest BCUT2D eigenvalue weighted by atomic mass is 16.5. The van der Waals surface area contributed by atoms with Crippen molar-refractivity contribution in [1.29, 1.82) is 0 Å². The number of fused-ring (bicyclic) bond motifs is 1. The van der Waals surface area contributed by atoms with Gasteiger partial charge in [0.25, 0.3) is 5.91 Å². The van der Waals surface area contributed by atoms with Crippen LogP contribution < -0.4 is 10.1 Å². The van der Waals surface area contributed by atoms with Gasteiger partial charge in [-0.15, -0.1) is 0 Å². The monoisotopic (exact) mass is 327 g/mol. The van der Waals surface area contributed by atoms with Gasteiger partial charge >= 0.3 is 0 Å². The summed E-state index contributed by atoms with van der Waals surface area (Å²) in [5.74, 6) is 0.887. The molecule has 0 bridgehead atoms. The van der Waals surface area contributed by atoms with Crippen LogP contribution in [0.25, 0.3) is 10.8 Å². The predicted molar refractivity (Wildman–Crippen MR) is 96.5 cm³/mol. The minimum Gasteiger partial charge on any atom is -0.483 e. The highest BCUT2D eigenvalue weighted by molar-refractivity contribution is 6.00. The van der Waals surface area contributed by atoms with Crippen LogP contribution in [0.4, 0.5) is 0 Å². The Balaban J connectivity index is 1.98. The largest absolute Gasteiger partial charge is 0.483 e. The van der Waals surface area contributed by atoms with Crippen LogP contribution in [-0.4, -0.2) is 24.8 Å². The van der Waals surface area contributed by atoms with Crippen molar-refractivity contribution < 1.29 is 14.3 Å². The fourth-order valence-corrected chi connectivity index (χ4v) is 2.64. The van der Waals surface area contributed by atoms with E-state index in [0.29, 0.717) is 17.2 Å². The predicted octanol–water partition coefficient (Wildman–Crippen LogP) is 3.97. The van der Waals surface area contributed by atoms with E-state index in [1.165, 1.54) is 0 Å². The van der Waals surface area contributed by atoms with Crippen LogP contribution in [0.3, 0.4) is 0 Å². The number of benzene rings is 2. The Morgan fingerprint density at radius 1 is 1.12 bits per heavy atom. The van der Waals surface area contributed by atoms with Gasteiger partial charge in [-0.2, -0.15) is 0 Å². The van der Waals surface area contributed by atoms with E-state index in [4.69, 9.17) is 4.74 Å². The SMILES string of the molecule is CC(C)CC[C@H](C)NC(=O)COc1ccc2ccccc2c1C=O. The van der Waals surface area contributed by atoms with Gasteiger partial charge in [0.15, 0.2) is 12.9 Å². The summed E-state index contributed by atoms with van der Waals surface area (Å²) in [6.45, 7) is 6.23. The van der Waals surface area contributed by atoms with Crippen LogP contribution in [-0.2, 0) is 4.79 Å². The molecule has 128 valence electrons. The highest BCUT2D eigenvalue weighted by Crippen LogP contribution is 2.26. The summed E-state index contributed by atoms with van der Waals surface area (Å²) in [6.07, 6.45) is 2.79. The van der Waals surface area contributed by atoms with E-state index < -0.39 is 0 Å². The van der Waals surface area contributed by atoms with E-state index in [1.807, 2.05) is 37.3 Å². The molecule has 1 atom stereocenters. The van der Waals surface area contributed by atoms with E-state index in [-0.39, 0.29) is 18.6 Å². The van der Waals surface area contributed by atoms with Crippen LogP contribution in [0.5, 0.6) is 5.75 Å². The van der Waals surface area contributed by atoms with Crippen molar-refractivity contribution in [2.45, 2.75) is 39.7 Å². The van der Waals surface area contributed by atoms with Gasteiger partial charge in [-0.25, -0.2) is 0 Å². The lowest BCUT2D eigenvalue weighted by molar-refractivity contribution is -0.123. The molecular weight excluding hydrogens is 302 g/mol. The molecule has 0 spiro atoms. The molecule has 0 saturated heterocycles. The summed E-state index contributed by atoms with van der Waals surface area (Å²) in [5.41, 5.74) is 0.480. The van der Waals surface area contributed by atoms with Crippen LogP contribution in [0.2, 0.25) is 0 Å². The smallest absolute Gasteiger partial charge is 0.258 e. The van der Waals surface area contributed by atoms with E-state index in [9.17, 15) is 9.59 Å². The topological polar surface area (TPSA) is 55.4 Å². The number of hydrogen-bond donors (Lipinski definition) is 1. The zero-order valence-electron chi connectivity index (χ0n) is 14.5. The van der Waals surface area contributed by atoms with Gasteiger partial charge in [-0.05, 0) is 42.5 Å². The second-order valence-corrected chi connectivity index (χ2v) is 6.54. The normalized spacial score (nSPS) is 12.2. The molecule has 4 heteroatoms. The van der Waals surface area contributed by atoms with Crippen molar-refractivity contribution in [2.24, 2.45) is 5.92 Å². The third-order valence-corrected chi connectivity index (χ3v) is 3.99. The zero-order valence-corrected chi connectivity index (χ0v) is 14.5. The molecule has 24 heavy (non-hydrogen) atoms. The molecule has 2 aromatic rings. The molecule has 4 nitrogen and oxygen atoms in total. The third-order valence-electron chi connectivity index (χ3n) is 3.99. The standard InChI is InChI=1S/C20H25NO3/c1-14(2)8-9-15(3)21-20(23)13-24-19-11-10-16-6-4-5-7-17(16)18(19)12-22/h4-7,10-12,14-15H,8-9,13H2,1-3H3,(H,21,23)/t15-/m0/s1. The lowest BCUT2D eigenvalue weighted by atomic mass is 10.0. The van der Waals surface area contributed by atoms with Gasteiger partial charge in [0.2, 0.25) is 0 Å². The number of amides is 1. The number of carbonyl (C=O) groups is 2. The molecule has 0 aliphatic heterocycles. The summed E-state index contributed by atoms with van der Waals surface area (Å²) in [6, 6.07) is 11.4. The summed E-state index contributed by atoms with van der Waals surface area (Å²) < 4.78 is 5.58. The van der Waals surface area contributed by atoms with E-state index in [1.54, 1.807) is 6.07 Å². The molecule has 0 aromatic heterocycles. The molecule has 0 aliphatic rings. The van der Waals surface area contributed by atoms with Crippen LogP contribution in [0.15, 0.2) is 36.4 Å². The van der Waals surface area contributed by atoms with Crippen LogP contribution in [0.1, 0.15) is 44.0 Å². The minimum absolute atomic E-state index is 0.0921. The average Bonchev–Trinajstić information content (AvgIpc) is 2.57. The lowest BCUT2D eigenvalue weighted by Gasteiger charge is -2.16. The number of nitrogens with one attached hydrogen (secondary N) is 1. The minimum atomic E-state index is -0.170. The van der Waals surface area contributed by atoms with Gasteiger partial charge < -0.3 is 10.1 Å². The third kappa shape index (κ3) is 4.82. The molecular formula is C20H25NO3. The van der Waals surface area contributed by atoms with Gasteiger partial charge in [0.1, 0.15) is 5.75 Å². The van der Waals surface area contributed by atoms with E-state index >= 15 is 0 Å². The maximum Gasteiger partial charge on any atom is 0.258 e. The van der Waals surface area contributed by atoms with Crippen molar-refractivity contribution in [3.05, 3.63) is 42.0 Å². The summed E-state index contributed by atoms with van der Waals surface area (Å²) >= 11 is 0. The number of carbonyl (C=O) groups excluding carboxylic acids is 2. The van der Waals surface area contributed by atoms with Crippen molar-refractivity contribution in [3.63, 3.8) is 0 Å². The van der Waals surface area contributed by atoms with Crippen molar-refractivity contribution >= 4 is 23.0 Å². The first kappa shape index (κ1) is 18.0. The second-order valence-electron chi connectivity index (χ2n) is 6.54. The first-order valence-corrected chi connectivity index (χ1v) is 8.40. The Morgan fingerprint density at radius 2 is 1.88 bits per heavy atom. The summed E-state index contributed by atoms with van der Waals surface area (Å²) in [4.78, 5) is 23.4. The molecule has 0 radical (unpaired) electrons. The van der Waals surface area contributed by atoms with Crippen molar-refractivity contribution in [1.82, 2.24) is 5.32 Å². The van der Waals surface area contributed by atoms with Crippen LogP contribution in [0, 0.1) is 5.92 Å². The highest BCUT2D eigenvalue weighted by Gasteiger charge is 2.12. The van der Waals surface area contributed by atoms with Gasteiger partial charge in [0.05, 0.1) is 5.56 Å². The zero-order chi connectivity index (χ0) is 17.5. The molecule has 0 aliphatic carbocycles. The maximum atomic E-state index is 12.0. The fourth-order valence-electron chi connectivity index (χ4n) is 2.64. The first-order chi connectivity index (χ1) is 11.5. The molecule has 0 unspecified atom stereocenters. The van der Waals surface area contributed by atoms with Gasteiger partial charge in [0, 0.05) is 6.04 Å². The summed E-state index contributed by atoms with van der Waals surface area (Å²) in [5, 5.41) is 4.73.